The molecule has 0 radical (unpaired) electrons. The number of carbonyl (C=O) groups is 1. The number of carbonyl (C=O) groups excluding carboxylic acids is 1. The largest absolute Gasteiger partial charge is 0.341 e. The Balaban J connectivity index is 1.50. The quantitative estimate of drug-likeness (QED) is 0.807. The highest BCUT2D eigenvalue weighted by molar-refractivity contribution is 5.78. The van der Waals surface area contributed by atoms with Crippen molar-refractivity contribution in [2.75, 3.05) is 32.7 Å². The zero-order chi connectivity index (χ0) is 13.4. The van der Waals surface area contributed by atoms with Crippen LogP contribution in [0.3, 0.4) is 0 Å². The van der Waals surface area contributed by atoms with Gasteiger partial charge in [0.05, 0.1) is 6.54 Å². The van der Waals surface area contributed by atoms with Gasteiger partial charge in [-0.2, -0.15) is 0 Å². The van der Waals surface area contributed by atoms with Crippen molar-refractivity contribution in [2.24, 2.45) is 23.5 Å². The molecule has 3 rings (SSSR count). The van der Waals surface area contributed by atoms with Crippen LogP contribution in [0.25, 0.3) is 0 Å². The van der Waals surface area contributed by atoms with E-state index in [0.717, 1.165) is 32.1 Å². The van der Waals surface area contributed by atoms with E-state index < -0.39 is 0 Å². The Morgan fingerprint density at radius 1 is 1.21 bits per heavy atom. The predicted molar refractivity (Wildman–Crippen MR) is 75.6 cm³/mol. The summed E-state index contributed by atoms with van der Waals surface area (Å²) in [5.74, 6) is 2.40. The molecule has 2 N–H and O–H groups in total. The highest BCUT2D eigenvalue weighted by Crippen LogP contribution is 2.36. The smallest absolute Gasteiger partial charge is 0.236 e. The zero-order valence-corrected chi connectivity index (χ0v) is 12.1. The molecule has 3 aliphatic rings. The first-order chi connectivity index (χ1) is 9.13. The Hall–Kier alpha value is -0.610. The van der Waals surface area contributed by atoms with Gasteiger partial charge in [-0.15, -0.1) is 0 Å². The maximum absolute atomic E-state index is 12.4. The minimum absolute atomic E-state index is 0.333. The van der Waals surface area contributed by atoms with Crippen LogP contribution in [0.2, 0.25) is 0 Å². The average molecular weight is 265 g/mol. The molecule has 2 saturated heterocycles. The van der Waals surface area contributed by atoms with E-state index in [1.54, 1.807) is 0 Å². The minimum atomic E-state index is 0.333. The molecule has 0 aromatic heterocycles. The van der Waals surface area contributed by atoms with Crippen LogP contribution in [0.5, 0.6) is 0 Å². The van der Waals surface area contributed by atoms with Crippen LogP contribution in [0, 0.1) is 17.8 Å². The van der Waals surface area contributed by atoms with Crippen LogP contribution >= 0.6 is 0 Å². The molecule has 19 heavy (non-hydrogen) atoms. The van der Waals surface area contributed by atoms with Crippen LogP contribution in [0.15, 0.2) is 0 Å². The van der Waals surface area contributed by atoms with E-state index in [-0.39, 0.29) is 0 Å². The monoisotopic (exact) mass is 265 g/mol. The molecule has 2 heterocycles. The number of piperidine rings is 1. The molecule has 4 nitrogen and oxygen atoms in total. The fraction of sp³-hybridized carbons (Fsp3) is 0.933. The zero-order valence-electron chi connectivity index (χ0n) is 12.1. The number of amides is 1. The third kappa shape index (κ3) is 2.79. The first kappa shape index (κ1) is 13.4. The van der Waals surface area contributed by atoms with Crippen molar-refractivity contribution < 1.29 is 4.79 Å². The second kappa shape index (κ2) is 5.41. The Bertz CT molecular complexity index is 346. The first-order valence-electron chi connectivity index (χ1n) is 7.89. The van der Waals surface area contributed by atoms with E-state index in [9.17, 15) is 4.79 Å². The third-order valence-corrected chi connectivity index (χ3v) is 5.36. The molecular formula is C15H27N3O. The third-order valence-electron chi connectivity index (χ3n) is 5.36. The van der Waals surface area contributed by atoms with Gasteiger partial charge in [-0.05, 0) is 43.4 Å². The molecule has 4 unspecified atom stereocenters. The number of rotatable bonds is 2. The van der Waals surface area contributed by atoms with E-state index in [0.29, 0.717) is 30.3 Å². The van der Waals surface area contributed by atoms with Crippen LogP contribution in [-0.4, -0.2) is 54.5 Å². The average Bonchev–Trinajstić information content (AvgIpc) is 2.92. The second-order valence-corrected chi connectivity index (χ2v) is 6.95. The van der Waals surface area contributed by atoms with Crippen LogP contribution in [-0.2, 0) is 4.79 Å². The molecule has 1 saturated carbocycles. The fourth-order valence-electron chi connectivity index (χ4n) is 4.24. The highest BCUT2D eigenvalue weighted by atomic mass is 16.2. The summed E-state index contributed by atoms with van der Waals surface area (Å²) in [6.07, 6.45) is 4.88. The standard InChI is InChI=1S/C15H27N3O/c1-11-3-2-6-18(7-11)15(19)10-17-8-12-4-5-14(16)13(12)9-17/h11-14H,2-10,16H2,1H3. The summed E-state index contributed by atoms with van der Waals surface area (Å²) in [6, 6.07) is 0.375. The number of hydrogen-bond acceptors (Lipinski definition) is 3. The first-order valence-corrected chi connectivity index (χ1v) is 7.89. The van der Waals surface area contributed by atoms with Crippen LogP contribution in [0.1, 0.15) is 32.6 Å². The fourth-order valence-corrected chi connectivity index (χ4v) is 4.24. The van der Waals surface area contributed by atoms with Crippen molar-refractivity contribution >= 4 is 5.91 Å². The van der Waals surface area contributed by atoms with Gasteiger partial charge >= 0.3 is 0 Å². The summed E-state index contributed by atoms with van der Waals surface area (Å²) < 4.78 is 0. The number of likely N-dealkylation sites (tertiary alicyclic amines) is 2. The minimum Gasteiger partial charge on any atom is -0.341 e. The van der Waals surface area contributed by atoms with Crippen molar-refractivity contribution in [2.45, 2.75) is 38.6 Å². The van der Waals surface area contributed by atoms with Crippen molar-refractivity contribution in [3.05, 3.63) is 0 Å². The lowest BCUT2D eigenvalue weighted by atomic mass is 9.98. The summed E-state index contributed by atoms with van der Waals surface area (Å²) in [5.41, 5.74) is 6.15. The molecule has 0 spiro atoms. The SMILES string of the molecule is CC1CCCN(C(=O)CN2CC3CCC(N)C3C2)C1. The molecule has 4 atom stereocenters. The van der Waals surface area contributed by atoms with Crippen LogP contribution < -0.4 is 5.73 Å². The Morgan fingerprint density at radius 3 is 2.79 bits per heavy atom. The normalized spacial score (nSPS) is 39.6. The molecule has 1 aliphatic carbocycles. The Morgan fingerprint density at radius 2 is 2.05 bits per heavy atom. The van der Waals surface area contributed by atoms with Gasteiger partial charge in [-0.1, -0.05) is 6.92 Å². The molecule has 108 valence electrons. The van der Waals surface area contributed by atoms with E-state index in [1.165, 1.54) is 25.7 Å². The van der Waals surface area contributed by atoms with Crippen LogP contribution in [0.4, 0.5) is 0 Å². The molecule has 3 fully saturated rings. The lowest BCUT2D eigenvalue weighted by molar-refractivity contribution is -0.133. The lowest BCUT2D eigenvalue weighted by Gasteiger charge is -2.32. The van der Waals surface area contributed by atoms with Gasteiger partial charge in [0.25, 0.3) is 0 Å². The molecule has 0 aromatic carbocycles. The summed E-state index contributed by atoms with van der Waals surface area (Å²) in [7, 11) is 0. The second-order valence-electron chi connectivity index (χ2n) is 6.95. The van der Waals surface area contributed by atoms with Gasteiger partial charge in [-0.25, -0.2) is 0 Å². The Labute approximate surface area is 116 Å². The molecular weight excluding hydrogens is 238 g/mol. The van der Waals surface area contributed by atoms with Gasteiger partial charge in [0.2, 0.25) is 5.91 Å². The van der Waals surface area contributed by atoms with E-state index >= 15 is 0 Å². The molecule has 4 heteroatoms. The Kier molecular flexibility index (Phi) is 3.81. The van der Waals surface area contributed by atoms with Crippen molar-refractivity contribution in [1.29, 1.82) is 0 Å². The number of nitrogens with zero attached hydrogens (tertiary/aromatic N) is 2. The maximum atomic E-state index is 12.4. The molecule has 2 aliphatic heterocycles. The van der Waals surface area contributed by atoms with Gasteiger partial charge < -0.3 is 10.6 Å². The molecule has 0 aromatic rings. The summed E-state index contributed by atoms with van der Waals surface area (Å²) in [4.78, 5) is 16.8. The van der Waals surface area contributed by atoms with Crippen molar-refractivity contribution in [3.8, 4) is 0 Å². The predicted octanol–water partition coefficient (Wildman–Crippen LogP) is 0.914. The number of fused-ring (bicyclic) bond motifs is 1. The number of nitrogens with two attached hydrogens (primary N) is 1. The number of hydrogen-bond donors (Lipinski definition) is 1. The molecule has 0 bridgehead atoms. The maximum Gasteiger partial charge on any atom is 0.236 e. The topological polar surface area (TPSA) is 49.6 Å². The summed E-state index contributed by atoms with van der Waals surface area (Å²) in [5, 5.41) is 0. The van der Waals surface area contributed by atoms with Crippen molar-refractivity contribution in [1.82, 2.24) is 9.80 Å². The van der Waals surface area contributed by atoms with E-state index in [4.69, 9.17) is 5.73 Å². The summed E-state index contributed by atoms with van der Waals surface area (Å²) >= 11 is 0. The van der Waals surface area contributed by atoms with E-state index in [1.807, 2.05) is 0 Å². The highest BCUT2D eigenvalue weighted by Gasteiger charge is 2.41. The van der Waals surface area contributed by atoms with Gasteiger partial charge in [0, 0.05) is 32.2 Å². The lowest BCUT2D eigenvalue weighted by Crippen LogP contribution is -2.44. The van der Waals surface area contributed by atoms with Gasteiger partial charge in [-0.3, -0.25) is 9.69 Å². The van der Waals surface area contributed by atoms with Crippen molar-refractivity contribution in [3.63, 3.8) is 0 Å². The summed E-state index contributed by atoms with van der Waals surface area (Å²) in [6.45, 7) is 6.92. The van der Waals surface area contributed by atoms with E-state index in [2.05, 4.69) is 16.7 Å². The molecule has 1 amide bonds. The van der Waals surface area contributed by atoms with Gasteiger partial charge in [0.15, 0.2) is 0 Å². The van der Waals surface area contributed by atoms with Gasteiger partial charge in [0.1, 0.15) is 0 Å².